The van der Waals surface area contributed by atoms with Crippen LogP contribution in [-0.2, 0) is 9.53 Å². The lowest BCUT2D eigenvalue weighted by molar-refractivity contribution is -0.120. The molecule has 290 valence electrons. The van der Waals surface area contributed by atoms with E-state index < -0.39 is 5.60 Å². The first-order chi connectivity index (χ1) is 25.4. The highest BCUT2D eigenvalue weighted by atomic mass is 16.6. The summed E-state index contributed by atoms with van der Waals surface area (Å²) in [6.07, 6.45) is 8.65. The van der Waals surface area contributed by atoms with Gasteiger partial charge in [-0.05, 0) is 77.0 Å². The van der Waals surface area contributed by atoms with E-state index in [9.17, 15) is 14.4 Å². The molecule has 1 atom stereocenters. The van der Waals surface area contributed by atoms with Crippen LogP contribution in [0.15, 0.2) is 24.4 Å². The first kappa shape index (κ1) is 38.6. The predicted molar refractivity (Wildman–Crippen MR) is 206 cm³/mol. The lowest BCUT2D eigenvalue weighted by atomic mass is 9.96. The maximum absolute atomic E-state index is 13.2. The highest BCUT2D eigenvalue weighted by Gasteiger charge is 2.41. The number of piperazine rings is 1. The van der Waals surface area contributed by atoms with Gasteiger partial charge >= 0.3 is 6.09 Å². The van der Waals surface area contributed by atoms with Crippen LogP contribution in [-0.4, -0.2) is 133 Å². The van der Waals surface area contributed by atoms with Crippen LogP contribution in [0.3, 0.4) is 0 Å². The second-order valence-electron chi connectivity index (χ2n) is 15.9. The molecule has 4 aliphatic rings. The molecule has 2 N–H and O–H groups in total. The number of nitrogens with zero attached hydrogens (tertiary/aromatic N) is 7. The summed E-state index contributed by atoms with van der Waals surface area (Å²) < 4.78 is 11.2. The number of likely N-dealkylation sites (N-methyl/N-ethyl adjacent to an activating group) is 1. The number of hydrogen-bond acceptors (Lipinski definition) is 11. The Labute approximate surface area is 314 Å². The van der Waals surface area contributed by atoms with Crippen LogP contribution in [0.1, 0.15) is 83.0 Å². The topological polar surface area (TPSA) is 136 Å². The van der Waals surface area contributed by atoms with Crippen molar-refractivity contribution in [2.45, 2.75) is 90.3 Å². The maximum atomic E-state index is 13.2. The van der Waals surface area contributed by atoms with E-state index in [4.69, 9.17) is 14.5 Å². The maximum Gasteiger partial charge on any atom is 0.410 e. The Balaban J connectivity index is 0.968. The first-order valence-electron chi connectivity index (χ1n) is 19.5. The van der Waals surface area contributed by atoms with E-state index in [1.54, 1.807) is 37.4 Å². The minimum Gasteiger partial charge on any atom is -0.495 e. The number of fused-ring (bicyclic) bond motifs is 1. The summed E-state index contributed by atoms with van der Waals surface area (Å²) in [5.41, 5.74) is 1.41. The molecule has 6 rings (SSSR count). The number of rotatable bonds is 11. The number of aromatic nitrogens is 2. The Morgan fingerprint density at radius 2 is 1.68 bits per heavy atom. The Kier molecular flexibility index (Phi) is 12.3. The van der Waals surface area contributed by atoms with Crippen LogP contribution in [0, 0.1) is 5.92 Å². The zero-order valence-electron chi connectivity index (χ0n) is 32.5. The van der Waals surface area contributed by atoms with Crippen LogP contribution < -0.4 is 25.2 Å². The molecule has 2 aromatic rings. The molecular formula is C39H59N9O5. The zero-order valence-corrected chi connectivity index (χ0v) is 32.5. The smallest absolute Gasteiger partial charge is 0.410 e. The number of hydrogen-bond donors (Lipinski definition) is 2. The highest BCUT2D eigenvalue weighted by molar-refractivity contribution is 6.04. The summed E-state index contributed by atoms with van der Waals surface area (Å²) in [7, 11) is 3.37. The average Bonchev–Trinajstić information content (AvgIpc) is 3.68. The molecular weight excluding hydrogens is 674 g/mol. The second-order valence-corrected chi connectivity index (χ2v) is 15.9. The van der Waals surface area contributed by atoms with E-state index in [0.29, 0.717) is 47.5 Å². The van der Waals surface area contributed by atoms with Gasteiger partial charge in [-0.2, -0.15) is 4.98 Å². The van der Waals surface area contributed by atoms with Crippen LogP contribution >= 0.6 is 0 Å². The number of amides is 3. The fourth-order valence-corrected chi connectivity index (χ4v) is 8.11. The molecule has 14 heteroatoms. The quantitative estimate of drug-likeness (QED) is 0.332. The standard InChI is InChI=1S/C39H59N9O5/c1-7-31-36(50)44(5)32-25-41-37(43-34(32)48(31)29-10-8-9-11-29)42-30-13-12-28(24-33(30)52-6)35(49)40-16-19-45-20-22-46(23-21-45)26-27-14-17-47(18-15-27)38(51)53-39(2,3)4/h12-13,24-25,27,29,31H,7-11,14-23,26H2,1-6H3,(H,40,49)(H,41,42,43). The predicted octanol–water partition coefficient (Wildman–Crippen LogP) is 4.73. The number of carbonyl (C=O) groups is 3. The Bertz CT molecular complexity index is 1590. The molecule has 1 aromatic carbocycles. The minimum atomic E-state index is -0.465. The van der Waals surface area contributed by atoms with Crippen molar-refractivity contribution in [2.75, 3.05) is 88.2 Å². The molecule has 14 nitrogen and oxygen atoms in total. The van der Waals surface area contributed by atoms with E-state index in [1.165, 1.54) is 0 Å². The summed E-state index contributed by atoms with van der Waals surface area (Å²) in [6.45, 7) is 15.6. The van der Waals surface area contributed by atoms with Gasteiger partial charge in [-0.1, -0.05) is 19.8 Å². The van der Waals surface area contributed by atoms with E-state index >= 15 is 0 Å². The number of ether oxygens (including phenoxy) is 2. The molecule has 0 radical (unpaired) electrons. The third-order valence-electron chi connectivity index (χ3n) is 11.1. The van der Waals surface area contributed by atoms with Crippen molar-refractivity contribution in [3.63, 3.8) is 0 Å². The van der Waals surface area contributed by atoms with E-state index in [0.717, 1.165) is 96.7 Å². The average molecular weight is 734 g/mol. The first-order valence-corrected chi connectivity index (χ1v) is 19.5. The number of benzene rings is 1. The summed E-state index contributed by atoms with van der Waals surface area (Å²) in [5, 5.41) is 6.38. The number of carbonyl (C=O) groups excluding carboxylic acids is 3. The lowest BCUT2D eigenvalue weighted by Gasteiger charge is -2.43. The molecule has 0 spiro atoms. The molecule has 1 aliphatic carbocycles. The molecule has 2 saturated heterocycles. The van der Waals surface area contributed by atoms with Gasteiger partial charge in [0.05, 0.1) is 19.0 Å². The number of anilines is 4. The third-order valence-corrected chi connectivity index (χ3v) is 11.1. The Morgan fingerprint density at radius 1 is 0.981 bits per heavy atom. The normalized spacial score (nSPS) is 20.8. The van der Waals surface area contributed by atoms with Crippen molar-refractivity contribution in [1.29, 1.82) is 0 Å². The fraction of sp³-hybridized carbons (Fsp3) is 0.667. The number of piperidine rings is 1. The lowest BCUT2D eigenvalue weighted by Crippen LogP contribution is -2.55. The van der Waals surface area contributed by atoms with Crippen LogP contribution in [0.5, 0.6) is 5.75 Å². The van der Waals surface area contributed by atoms with E-state index in [2.05, 4.69) is 37.2 Å². The van der Waals surface area contributed by atoms with Gasteiger partial charge in [0.15, 0.2) is 5.82 Å². The van der Waals surface area contributed by atoms with E-state index in [-0.39, 0.29) is 30.0 Å². The van der Waals surface area contributed by atoms with Crippen molar-refractivity contribution in [1.82, 2.24) is 30.0 Å². The van der Waals surface area contributed by atoms with Crippen LogP contribution in [0.2, 0.25) is 0 Å². The second kappa shape index (κ2) is 16.9. The monoisotopic (exact) mass is 733 g/mol. The minimum absolute atomic E-state index is 0.0797. The summed E-state index contributed by atoms with van der Waals surface area (Å²) >= 11 is 0. The van der Waals surface area contributed by atoms with Crippen molar-refractivity contribution >= 4 is 41.0 Å². The Hall–Kier alpha value is -4.17. The number of likely N-dealkylation sites (tertiary alicyclic amines) is 1. The van der Waals surface area contributed by atoms with Crippen LogP contribution in [0.25, 0.3) is 0 Å². The van der Waals surface area contributed by atoms with Crippen molar-refractivity contribution < 1.29 is 23.9 Å². The van der Waals surface area contributed by atoms with Gasteiger partial charge in [-0.15, -0.1) is 0 Å². The number of methoxy groups -OCH3 is 1. The molecule has 3 amide bonds. The molecule has 4 heterocycles. The van der Waals surface area contributed by atoms with Gasteiger partial charge in [-0.25, -0.2) is 9.78 Å². The van der Waals surface area contributed by atoms with Crippen molar-refractivity contribution in [2.24, 2.45) is 5.92 Å². The molecule has 1 saturated carbocycles. The van der Waals surface area contributed by atoms with Crippen LogP contribution in [0.4, 0.5) is 27.9 Å². The molecule has 1 unspecified atom stereocenters. The molecule has 0 bridgehead atoms. The van der Waals surface area contributed by atoms with Gasteiger partial charge in [0.1, 0.15) is 23.1 Å². The summed E-state index contributed by atoms with van der Waals surface area (Å²) in [4.78, 5) is 59.0. The van der Waals surface area contributed by atoms with Gasteiger partial charge in [0, 0.05) is 77.6 Å². The molecule has 3 aliphatic heterocycles. The van der Waals surface area contributed by atoms with Gasteiger partial charge in [-0.3, -0.25) is 14.5 Å². The zero-order chi connectivity index (χ0) is 37.7. The van der Waals surface area contributed by atoms with E-state index in [1.807, 2.05) is 31.7 Å². The van der Waals surface area contributed by atoms with Crippen molar-refractivity contribution in [3.8, 4) is 5.75 Å². The highest BCUT2D eigenvalue weighted by Crippen LogP contribution is 2.40. The summed E-state index contributed by atoms with van der Waals surface area (Å²) in [5.74, 6) is 2.22. The largest absolute Gasteiger partial charge is 0.495 e. The fourth-order valence-electron chi connectivity index (χ4n) is 8.11. The number of nitrogens with one attached hydrogen (secondary N) is 2. The molecule has 53 heavy (non-hydrogen) atoms. The summed E-state index contributed by atoms with van der Waals surface area (Å²) in [6, 6.07) is 5.36. The van der Waals surface area contributed by atoms with Gasteiger partial charge in [0.2, 0.25) is 11.9 Å². The van der Waals surface area contributed by atoms with Gasteiger partial charge < -0.3 is 39.7 Å². The molecule has 3 fully saturated rings. The van der Waals surface area contributed by atoms with Crippen molar-refractivity contribution in [3.05, 3.63) is 30.0 Å². The molecule has 1 aromatic heterocycles. The Morgan fingerprint density at radius 3 is 2.34 bits per heavy atom. The third kappa shape index (κ3) is 9.32. The van der Waals surface area contributed by atoms with Gasteiger partial charge in [0.25, 0.3) is 5.91 Å². The SMILES string of the molecule is CCC1C(=O)N(C)c2cnc(Nc3ccc(C(=O)NCCN4CCN(CC5CCN(C(=O)OC(C)(C)C)CC5)CC4)cc3OC)nc2N1C1CCCC1.